The number of hydrogen-bond acceptors (Lipinski definition) is 2. The van der Waals surface area contributed by atoms with Crippen molar-refractivity contribution in [3.05, 3.63) is 30.3 Å². The van der Waals surface area contributed by atoms with Gasteiger partial charge >= 0.3 is 0 Å². The first-order valence-corrected chi connectivity index (χ1v) is 8.44. The molecule has 1 aromatic carbocycles. The molecule has 1 aliphatic rings. The Hall–Kier alpha value is -1.02. The standard InChI is InChI=1S/C19H31NO/c1-16(2)10-13-19(3,4)20-14-11-18(12-15-20)21-17-8-6-5-7-9-17/h5-9,16,18H,10-15H2,1-4H3. The highest BCUT2D eigenvalue weighted by atomic mass is 16.5. The number of rotatable bonds is 6. The first-order chi connectivity index (χ1) is 9.97. The van der Waals surface area contributed by atoms with Gasteiger partial charge < -0.3 is 4.74 Å². The fourth-order valence-corrected chi connectivity index (χ4v) is 3.07. The van der Waals surface area contributed by atoms with Gasteiger partial charge in [0, 0.05) is 18.6 Å². The minimum atomic E-state index is 0.321. The largest absolute Gasteiger partial charge is 0.490 e. The van der Waals surface area contributed by atoms with E-state index in [0.717, 1.165) is 37.6 Å². The van der Waals surface area contributed by atoms with Crippen molar-refractivity contribution in [3.8, 4) is 5.75 Å². The smallest absolute Gasteiger partial charge is 0.119 e. The monoisotopic (exact) mass is 289 g/mol. The van der Waals surface area contributed by atoms with Crippen molar-refractivity contribution in [3.63, 3.8) is 0 Å². The third kappa shape index (κ3) is 5.03. The molecule has 0 unspecified atom stereocenters. The summed E-state index contributed by atoms with van der Waals surface area (Å²) in [6.07, 6.45) is 5.26. The summed E-state index contributed by atoms with van der Waals surface area (Å²) in [6.45, 7) is 11.7. The van der Waals surface area contributed by atoms with Crippen LogP contribution in [-0.2, 0) is 0 Å². The normalized spacial score (nSPS) is 18.1. The summed E-state index contributed by atoms with van der Waals surface area (Å²) >= 11 is 0. The van der Waals surface area contributed by atoms with E-state index in [0.29, 0.717) is 11.6 Å². The maximum atomic E-state index is 6.09. The van der Waals surface area contributed by atoms with E-state index in [4.69, 9.17) is 4.74 Å². The second kappa shape index (κ2) is 7.31. The highest BCUT2D eigenvalue weighted by Crippen LogP contribution is 2.28. The van der Waals surface area contributed by atoms with Crippen LogP contribution in [0.25, 0.3) is 0 Å². The molecular weight excluding hydrogens is 258 g/mol. The average molecular weight is 289 g/mol. The second-order valence-corrected chi connectivity index (χ2v) is 7.36. The van der Waals surface area contributed by atoms with Crippen LogP contribution < -0.4 is 4.74 Å². The fraction of sp³-hybridized carbons (Fsp3) is 0.684. The molecule has 0 saturated carbocycles. The van der Waals surface area contributed by atoms with Gasteiger partial charge in [-0.15, -0.1) is 0 Å². The molecule has 1 fully saturated rings. The lowest BCUT2D eigenvalue weighted by Crippen LogP contribution is -2.50. The molecular formula is C19H31NO. The average Bonchev–Trinajstić information content (AvgIpc) is 2.47. The Morgan fingerprint density at radius 1 is 1.14 bits per heavy atom. The Labute approximate surface area is 130 Å². The first-order valence-electron chi connectivity index (χ1n) is 8.44. The van der Waals surface area contributed by atoms with Crippen LogP contribution in [0.1, 0.15) is 53.4 Å². The Morgan fingerprint density at radius 2 is 1.76 bits per heavy atom. The number of ether oxygens (including phenoxy) is 1. The van der Waals surface area contributed by atoms with E-state index < -0.39 is 0 Å². The van der Waals surface area contributed by atoms with Gasteiger partial charge in [-0.25, -0.2) is 0 Å². The molecule has 1 heterocycles. The Balaban J connectivity index is 1.80. The van der Waals surface area contributed by atoms with Gasteiger partial charge in [0.25, 0.3) is 0 Å². The molecule has 0 bridgehead atoms. The number of para-hydroxylation sites is 1. The lowest BCUT2D eigenvalue weighted by Gasteiger charge is -2.43. The van der Waals surface area contributed by atoms with Gasteiger partial charge in [0.05, 0.1) is 0 Å². The van der Waals surface area contributed by atoms with E-state index in [1.165, 1.54) is 12.8 Å². The summed E-state index contributed by atoms with van der Waals surface area (Å²) < 4.78 is 6.09. The van der Waals surface area contributed by atoms with Crippen molar-refractivity contribution in [2.75, 3.05) is 13.1 Å². The van der Waals surface area contributed by atoms with Crippen molar-refractivity contribution in [1.82, 2.24) is 4.90 Å². The van der Waals surface area contributed by atoms with E-state index >= 15 is 0 Å². The van der Waals surface area contributed by atoms with Crippen LogP contribution in [0.2, 0.25) is 0 Å². The summed E-state index contributed by atoms with van der Waals surface area (Å²) in [7, 11) is 0. The SMILES string of the molecule is CC(C)CCC(C)(C)N1CCC(Oc2ccccc2)CC1. The molecule has 1 aromatic rings. The zero-order chi connectivity index (χ0) is 15.3. The molecule has 2 heteroatoms. The van der Waals surface area contributed by atoms with Gasteiger partial charge in [0.2, 0.25) is 0 Å². The molecule has 0 amide bonds. The Morgan fingerprint density at radius 3 is 2.33 bits per heavy atom. The van der Waals surface area contributed by atoms with E-state index in [2.05, 4.69) is 44.7 Å². The van der Waals surface area contributed by atoms with Gasteiger partial charge in [-0.1, -0.05) is 32.0 Å². The van der Waals surface area contributed by atoms with E-state index in [1.807, 2.05) is 18.2 Å². The molecule has 0 radical (unpaired) electrons. The second-order valence-electron chi connectivity index (χ2n) is 7.36. The van der Waals surface area contributed by atoms with Crippen molar-refractivity contribution in [1.29, 1.82) is 0 Å². The van der Waals surface area contributed by atoms with Crippen molar-refractivity contribution in [2.45, 2.75) is 65.0 Å². The molecule has 0 aliphatic carbocycles. The number of piperidine rings is 1. The van der Waals surface area contributed by atoms with Gasteiger partial charge in [-0.3, -0.25) is 4.90 Å². The molecule has 21 heavy (non-hydrogen) atoms. The van der Waals surface area contributed by atoms with Gasteiger partial charge in [-0.05, 0) is 57.6 Å². The maximum absolute atomic E-state index is 6.09. The molecule has 0 aromatic heterocycles. The predicted molar refractivity (Wildman–Crippen MR) is 89.8 cm³/mol. The minimum absolute atomic E-state index is 0.321. The summed E-state index contributed by atoms with van der Waals surface area (Å²) in [4.78, 5) is 2.65. The third-order valence-corrected chi connectivity index (χ3v) is 4.68. The molecule has 0 spiro atoms. The lowest BCUT2D eigenvalue weighted by molar-refractivity contribution is 0.0343. The van der Waals surface area contributed by atoms with Crippen molar-refractivity contribution < 1.29 is 4.74 Å². The quantitative estimate of drug-likeness (QED) is 0.749. The van der Waals surface area contributed by atoms with Crippen LogP contribution in [0.3, 0.4) is 0 Å². The fourth-order valence-electron chi connectivity index (χ4n) is 3.07. The molecule has 1 saturated heterocycles. The Bertz CT molecular complexity index is 405. The number of hydrogen-bond donors (Lipinski definition) is 0. The summed E-state index contributed by atoms with van der Waals surface area (Å²) in [5.41, 5.74) is 0.321. The molecule has 1 aliphatic heterocycles. The van der Waals surface area contributed by atoms with Crippen LogP contribution in [0.15, 0.2) is 30.3 Å². The molecule has 2 rings (SSSR count). The van der Waals surface area contributed by atoms with Crippen molar-refractivity contribution in [2.24, 2.45) is 5.92 Å². The number of benzene rings is 1. The molecule has 118 valence electrons. The molecule has 0 N–H and O–H groups in total. The summed E-state index contributed by atoms with van der Waals surface area (Å²) in [5, 5.41) is 0. The Kier molecular flexibility index (Phi) is 5.69. The lowest BCUT2D eigenvalue weighted by atomic mass is 9.90. The van der Waals surface area contributed by atoms with Crippen LogP contribution >= 0.6 is 0 Å². The van der Waals surface area contributed by atoms with E-state index in [-0.39, 0.29) is 0 Å². The predicted octanol–water partition coefficient (Wildman–Crippen LogP) is 4.74. The van der Waals surface area contributed by atoms with E-state index in [1.54, 1.807) is 0 Å². The van der Waals surface area contributed by atoms with Crippen LogP contribution in [-0.4, -0.2) is 29.6 Å². The van der Waals surface area contributed by atoms with Crippen LogP contribution in [0, 0.1) is 5.92 Å². The third-order valence-electron chi connectivity index (χ3n) is 4.68. The summed E-state index contributed by atoms with van der Waals surface area (Å²) in [6, 6.07) is 10.2. The first kappa shape index (κ1) is 16.4. The highest BCUT2D eigenvalue weighted by Gasteiger charge is 2.31. The van der Waals surface area contributed by atoms with Gasteiger partial charge in [-0.2, -0.15) is 0 Å². The maximum Gasteiger partial charge on any atom is 0.119 e. The van der Waals surface area contributed by atoms with Crippen LogP contribution in [0.4, 0.5) is 0 Å². The number of likely N-dealkylation sites (tertiary alicyclic amines) is 1. The minimum Gasteiger partial charge on any atom is -0.490 e. The zero-order valence-electron chi connectivity index (χ0n) is 14.1. The van der Waals surface area contributed by atoms with E-state index in [9.17, 15) is 0 Å². The number of nitrogens with zero attached hydrogens (tertiary/aromatic N) is 1. The van der Waals surface area contributed by atoms with Crippen LogP contribution in [0.5, 0.6) is 5.75 Å². The summed E-state index contributed by atoms with van der Waals surface area (Å²) in [5.74, 6) is 1.80. The molecule has 0 atom stereocenters. The zero-order valence-corrected chi connectivity index (χ0v) is 14.1. The van der Waals surface area contributed by atoms with Gasteiger partial charge in [0.1, 0.15) is 11.9 Å². The topological polar surface area (TPSA) is 12.5 Å². The van der Waals surface area contributed by atoms with Crippen molar-refractivity contribution >= 4 is 0 Å². The highest BCUT2D eigenvalue weighted by molar-refractivity contribution is 5.21. The van der Waals surface area contributed by atoms with Gasteiger partial charge in [0.15, 0.2) is 0 Å². The molecule has 2 nitrogen and oxygen atoms in total.